The number of rotatable bonds is 3. The summed E-state index contributed by atoms with van der Waals surface area (Å²) in [7, 11) is 3.53. The largest absolute Gasteiger partial charge is 0.348 e. The highest BCUT2D eigenvalue weighted by Gasteiger charge is 2.56. The number of hydrogen-bond donors (Lipinski definition) is 1. The van der Waals surface area contributed by atoms with Crippen LogP contribution in [0.3, 0.4) is 0 Å². The maximum atomic E-state index is 13.7. The molecule has 0 aliphatic carbocycles. The Morgan fingerprint density at radius 2 is 1.65 bits per heavy atom. The van der Waals surface area contributed by atoms with Gasteiger partial charge in [-0.15, -0.1) is 0 Å². The van der Waals surface area contributed by atoms with E-state index in [2.05, 4.69) is 5.32 Å². The Morgan fingerprint density at radius 3 is 2.26 bits per heavy atom. The van der Waals surface area contributed by atoms with Crippen LogP contribution in [0.2, 0.25) is 0 Å². The van der Waals surface area contributed by atoms with Gasteiger partial charge in [-0.2, -0.15) is 0 Å². The van der Waals surface area contributed by atoms with Gasteiger partial charge in [-0.25, -0.2) is 4.79 Å². The Labute approximate surface area is 201 Å². The minimum Gasteiger partial charge on any atom is -0.348 e. The molecule has 1 atom stereocenters. The zero-order valence-electron chi connectivity index (χ0n) is 20.7. The molecule has 0 radical (unpaired) electrons. The van der Waals surface area contributed by atoms with Crippen molar-refractivity contribution in [1.29, 1.82) is 0 Å². The molecule has 2 aromatic carbocycles. The molecule has 1 saturated heterocycles. The van der Waals surface area contributed by atoms with Gasteiger partial charge in [-0.05, 0) is 56.9 Å². The van der Waals surface area contributed by atoms with Crippen molar-refractivity contribution in [1.82, 2.24) is 14.7 Å². The fourth-order valence-corrected chi connectivity index (χ4v) is 5.61. The summed E-state index contributed by atoms with van der Waals surface area (Å²) < 4.78 is 0. The van der Waals surface area contributed by atoms with Gasteiger partial charge in [0.15, 0.2) is 0 Å². The molecule has 2 aliphatic heterocycles. The van der Waals surface area contributed by atoms with E-state index in [4.69, 9.17) is 0 Å². The number of nitrogens with one attached hydrogen (secondary N) is 1. The first-order chi connectivity index (χ1) is 16.2. The third-order valence-corrected chi connectivity index (χ3v) is 7.25. The molecule has 7 heteroatoms. The standard InChI is InChI=1S/C27H34N4O3/c1-18(2)31-24(32)21-12-8-7-11-20(21)23(25(33)29(4)5)27(31)14-16-30(17-15-27)26(34)28-22-13-9-6-10-19(22)3/h6-13,18,23H,14-17H2,1-5H3,(H,28,34). The lowest BCUT2D eigenvalue weighted by molar-refractivity contribution is -0.136. The van der Waals surface area contributed by atoms with Gasteiger partial charge in [0.1, 0.15) is 0 Å². The van der Waals surface area contributed by atoms with Gasteiger partial charge in [0.05, 0.1) is 11.5 Å². The minimum absolute atomic E-state index is 0.0107. The molecule has 2 aliphatic rings. The van der Waals surface area contributed by atoms with Crippen LogP contribution in [0.15, 0.2) is 48.5 Å². The molecular formula is C27H34N4O3. The molecule has 1 fully saturated rings. The van der Waals surface area contributed by atoms with Crippen molar-refractivity contribution >= 4 is 23.5 Å². The van der Waals surface area contributed by atoms with E-state index in [-0.39, 0.29) is 23.9 Å². The summed E-state index contributed by atoms with van der Waals surface area (Å²) in [6, 6.07) is 14.9. The van der Waals surface area contributed by atoms with E-state index in [1.54, 1.807) is 23.9 Å². The molecule has 34 heavy (non-hydrogen) atoms. The van der Waals surface area contributed by atoms with Crippen LogP contribution in [-0.2, 0) is 4.79 Å². The number of carbonyl (C=O) groups is 3. The lowest BCUT2D eigenvalue weighted by Gasteiger charge is -2.56. The number of benzene rings is 2. The Hall–Kier alpha value is -3.35. The predicted octanol–water partition coefficient (Wildman–Crippen LogP) is 4.10. The van der Waals surface area contributed by atoms with Crippen molar-refractivity contribution in [3.8, 4) is 0 Å². The zero-order chi connectivity index (χ0) is 24.6. The molecular weight excluding hydrogens is 428 g/mol. The lowest BCUT2D eigenvalue weighted by Crippen LogP contribution is -2.67. The molecule has 1 spiro atoms. The van der Waals surface area contributed by atoms with Crippen LogP contribution in [0.25, 0.3) is 0 Å². The molecule has 4 rings (SSSR count). The van der Waals surface area contributed by atoms with E-state index in [0.29, 0.717) is 31.5 Å². The summed E-state index contributed by atoms with van der Waals surface area (Å²) in [5, 5.41) is 3.01. The quantitative estimate of drug-likeness (QED) is 0.747. The van der Waals surface area contributed by atoms with Crippen molar-refractivity contribution in [2.75, 3.05) is 32.5 Å². The molecule has 180 valence electrons. The second kappa shape index (κ2) is 9.12. The average molecular weight is 463 g/mol. The third kappa shape index (κ3) is 3.93. The van der Waals surface area contributed by atoms with Crippen LogP contribution >= 0.6 is 0 Å². The van der Waals surface area contributed by atoms with E-state index < -0.39 is 11.5 Å². The average Bonchev–Trinajstić information content (AvgIpc) is 2.80. The summed E-state index contributed by atoms with van der Waals surface area (Å²) in [4.78, 5) is 45.6. The minimum atomic E-state index is -0.680. The highest BCUT2D eigenvalue weighted by atomic mass is 16.2. The van der Waals surface area contributed by atoms with Crippen molar-refractivity contribution in [2.45, 2.75) is 51.1 Å². The third-order valence-electron chi connectivity index (χ3n) is 7.25. The smallest absolute Gasteiger partial charge is 0.321 e. The number of para-hydroxylation sites is 1. The Balaban J connectivity index is 1.68. The SMILES string of the molecule is Cc1ccccc1NC(=O)N1CCC2(CC1)C(C(=O)N(C)C)c1ccccc1C(=O)N2C(C)C. The van der Waals surface area contributed by atoms with Gasteiger partial charge >= 0.3 is 6.03 Å². The summed E-state index contributed by atoms with van der Waals surface area (Å²) in [6.07, 6.45) is 1.08. The maximum Gasteiger partial charge on any atom is 0.321 e. The number of piperidine rings is 1. The number of fused-ring (bicyclic) bond motifs is 1. The maximum absolute atomic E-state index is 13.7. The number of amides is 4. The van der Waals surface area contributed by atoms with Gasteiger partial charge in [0.25, 0.3) is 5.91 Å². The van der Waals surface area contributed by atoms with Gasteiger partial charge in [0.2, 0.25) is 5.91 Å². The molecule has 1 N–H and O–H groups in total. The fraction of sp³-hybridized carbons (Fsp3) is 0.444. The molecule has 0 saturated carbocycles. The monoisotopic (exact) mass is 462 g/mol. The molecule has 0 bridgehead atoms. The number of carbonyl (C=O) groups excluding carboxylic acids is 3. The Bertz CT molecular complexity index is 1100. The molecule has 2 heterocycles. The number of hydrogen-bond acceptors (Lipinski definition) is 3. The number of aryl methyl sites for hydroxylation is 1. The Morgan fingerprint density at radius 1 is 1.03 bits per heavy atom. The first kappa shape index (κ1) is 23.8. The van der Waals surface area contributed by atoms with Crippen LogP contribution in [0.1, 0.15) is 54.1 Å². The van der Waals surface area contributed by atoms with Crippen molar-refractivity contribution in [3.63, 3.8) is 0 Å². The summed E-state index contributed by atoms with van der Waals surface area (Å²) >= 11 is 0. The normalized spacial score (nSPS) is 19.2. The van der Waals surface area contributed by atoms with Crippen molar-refractivity contribution in [2.24, 2.45) is 0 Å². The highest BCUT2D eigenvalue weighted by Crippen LogP contribution is 2.48. The first-order valence-electron chi connectivity index (χ1n) is 11.9. The van der Waals surface area contributed by atoms with Gasteiger partial charge < -0.3 is 20.0 Å². The van der Waals surface area contributed by atoms with E-state index in [0.717, 1.165) is 16.8 Å². The molecule has 7 nitrogen and oxygen atoms in total. The van der Waals surface area contributed by atoms with E-state index >= 15 is 0 Å². The Kier molecular flexibility index (Phi) is 6.39. The van der Waals surface area contributed by atoms with Gasteiger partial charge in [-0.3, -0.25) is 9.59 Å². The van der Waals surface area contributed by atoms with Crippen LogP contribution in [0.5, 0.6) is 0 Å². The number of likely N-dealkylation sites (tertiary alicyclic amines) is 1. The molecule has 1 unspecified atom stereocenters. The molecule has 0 aromatic heterocycles. The fourth-order valence-electron chi connectivity index (χ4n) is 5.61. The number of anilines is 1. The van der Waals surface area contributed by atoms with Crippen LogP contribution in [-0.4, -0.2) is 71.3 Å². The van der Waals surface area contributed by atoms with E-state index in [1.165, 1.54) is 0 Å². The van der Waals surface area contributed by atoms with Crippen LogP contribution < -0.4 is 5.32 Å². The highest BCUT2D eigenvalue weighted by molar-refractivity contribution is 6.02. The number of likely N-dealkylation sites (N-methyl/N-ethyl adjacent to an activating group) is 1. The van der Waals surface area contributed by atoms with Gasteiger partial charge in [0, 0.05) is 44.5 Å². The predicted molar refractivity (Wildman–Crippen MR) is 133 cm³/mol. The van der Waals surface area contributed by atoms with Crippen molar-refractivity contribution < 1.29 is 14.4 Å². The molecule has 2 aromatic rings. The van der Waals surface area contributed by atoms with E-state index in [1.807, 2.05) is 74.2 Å². The van der Waals surface area contributed by atoms with Crippen LogP contribution in [0.4, 0.5) is 10.5 Å². The van der Waals surface area contributed by atoms with Crippen molar-refractivity contribution in [3.05, 3.63) is 65.2 Å². The first-order valence-corrected chi connectivity index (χ1v) is 11.9. The number of nitrogens with zero attached hydrogens (tertiary/aromatic N) is 3. The summed E-state index contributed by atoms with van der Waals surface area (Å²) in [5.41, 5.74) is 2.50. The molecule has 4 amide bonds. The topological polar surface area (TPSA) is 73.0 Å². The summed E-state index contributed by atoms with van der Waals surface area (Å²) in [6.45, 7) is 6.90. The number of urea groups is 1. The van der Waals surface area contributed by atoms with Crippen LogP contribution in [0, 0.1) is 6.92 Å². The van der Waals surface area contributed by atoms with Gasteiger partial charge in [-0.1, -0.05) is 36.4 Å². The lowest BCUT2D eigenvalue weighted by atomic mass is 9.66. The summed E-state index contributed by atoms with van der Waals surface area (Å²) in [5.74, 6) is -0.519. The van der Waals surface area contributed by atoms with E-state index in [9.17, 15) is 14.4 Å². The second-order valence-corrected chi connectivity index (χ2v) is 9.86. The zero-order valence-corrected chi connectivity index (χ0v) is 20.7. The second-order valence-electron chi connectivity index (χ2n) is 9.86.